The van der Waals surface area contributed by atoms with E-state index in [1.165, 1.54) is 0 Å². The molecule has 24 heavy (non-hydrogen) atoms. The molecule has 3 heterocycles. The molecule has 0 amide bonds. The average molecular weight is 348 g/mol. The van der Waals surface area contributed by atoms with Crippen molar-refractivity contribution in [1.82, 2.24) is 25.4 Å². The third kappa shape index (κ3) is 3.76. The number of aryl methyl sites for hydroxylation is 1. The number of nitrogens with zero attached hydrogens (tertiary/aromatic N) is 4. The van der Waals surface area contributed by atoms with E-state index < -0.39 is 5.60 Å². The fourth-order valence-electron chi connectivity index (χ4n) is 2.75. The van der Waals surface area contributed by atoms with Gasteiger partial charge in [0, 0.05) is 19.5 Å². The predicted octanol–water partition coefficient (Wildman–Crippen LogP) is 1.25. The average Bonchev–Trinajstić information content (AvgIpc) is 3.28. The highest BCUT2D eigenvalue weighted by molar-refractivity contribution is 7.08. The number of nitrogens with one attached hydrogen (secondary N) is 2. The number of fused-ring (bicyclic) bond motifs is 1. The summed E-state index contributed by atoms with van der Waals surface area (Å²) >= 11 is 1.58. The van der Waals surface area contributed by atoms with Crippen LogP contribution in [-0.2, 0) is 25.1 Å². The van der Waals surface area contributed by atoms with Crippen LogP contribution in [0.25, 0.3) is 0 Å². The van der Waals surface area contributed by atoms with Gasteiger partial charge < -0.3 is 20.3 Å². The van der Waals surface area contributed by atoms with Crippen molar-refractivity contribution in [1.29, 1.82) is 0 Å². The van der Waals surface area contributed by atoms with Crippen molar-refractivity contribution in [2.45, 2.75) is 45.4 Å². The lowest BCUT2D eigenvalue weighted by atomic mass is 9.99. The number of hydrogen-bond donors (Lipinski definition) is 3. The smallest absolute Gasteiger partial charge is 0.191 e. The van der Waals surface area contributed by atoms with Crippen molar-refractivity contribution in [2.75, 3.05) is 13.1 Å². The molecule has 0 radical (unpaired) electrons. The van der Waals surface area contributed by atoms with Crippen LogP contribution in [0.1, 0.15) is 37.5 Å². The molecule has 1 aliphatic rings. The number of hydrogen-bond acceptors (Lipinski definition) is 5. The van der Waals surface area contributed by atoms with Gasteiger partial charge in [0.1, 0.15) is 18.0 Å². The molecule has 0 spiro atoms. The van der Waals surface area contributed by atoms with Crippen molar-refractivity contribution in [2.24, 2.45) is 4.99 Å². The lowest BCUT2D eigenvalue weighted by Gasteiger charge is -2.24. The van der Waals surface area contributed by atoms with Gasteiger partial charge in [0.05, 0.1) is 6.54 Å². The molecular weight excluding hydrogens is 324 g/mol. The first kappa shape index (κ1) is 16.9. The van der Waals surface area contributed by atoms with E-state index in [9.17, 15) is 5.11 Å². The SMILES string of the molecule is CCNC(=NCc1nnc2n1CCC2)NCC(C)(O)c1ccsc1. The van der Waals surface area contributed by atoms with Gasteiger partial charge in [-0.1, -0.05) is 0 Å². The van der Waals surface area contributed by atoms with Gasteiger partial charge in [-0.15, -0.1) is 10.2 Å². The Morgan fingerprint density at radius 2 is 2.33 bits per heavy atom. The summed E-state index contributed by atoms with van der Waals surface area (Å²) in [6, 6.07) is 1.94. The summed E-state index contributed by atoms with van der Waals surface area (Å²) in [7, 11) is 0. The van der Waals surface area contributed by atoms with Crippen LogP contribution in [0, 0.1) is 0 Å². The van der Waals surface area contributed by atoms with Gasteiger partial charge in [-0.25, -0.2) is 4.99 Å². The van der Waals surface area contributed by atoms with Crippen LogP contribution in [0.3, 0.4) is 0 Å². The monoisotopic (exact) mass is 348 g/mol. The normalized spacial score (nSPS) is 16.7. The van der Waals surface area contributed by atoms with E-state index in [0.717, 1.165) is 43.1 Å². The molecule has 0 aromatic carbocycles. The minimum Gasteiger partial charge on any atom is -0.384 e. The fraction of sp³-hybridized carbons (Fsp3) is 0.562. The third-order valence-corrected chi connectivity index (χ3v) is 4.84. The summed E-state index contributed by atoms with van der Waals surface area (Å²) in [6.45, 7) is 6.41. The lowest BCUT2D eigenvalue weighted by molar-refractivity contribution is 0.0621. The highest BCUT2D eigenvalue weighted by Crippen LogP contribution is 2.22. The van der Waals surface area contributed by atoms with E-state index in [2.05, 4.69) is 30.4 Å². The molecule has 0 fully saturated rings. The molecule has 0 saturated heterocycles. The first-order valence-corrected chi connectivity index (χ1v) is 9.22. The largest absolute Gasteiger partial charge is 0.384 e. The number of guanidine groups is 1. The van der Waals surface area contributed by atoms with Crippen LogP contribution in [0.4, 0.5) is 0 Å². The molecule has 1 aliphatic heterocycles. The maximum Gasteiger partial charge on any atom is 0.191 e. The predicted molar refractivity (Wildman–Crippen MR) is 95.1 cm³/mol. The highest BCUT2D eigenvalue weighted by atomic mass is 32.1. The molecule has 3 rings (SSSR count). The summed E-state index contributed by atoms with van der Waals surface area (Å²) in [5, 5.41) is 29.4. The molecule has 3 N–H and O–H groups in total. The van der Waals surface area contributed by atoms with Gasteiger partial charge in [-0.05, 0) is 42.7 Å². The number of rotatable bonds is 6. The second kappa shape index (κ2) is 7.31. The zero-order valence-corrected chi connectivity index (χ0v) is 14.9. The zero-order chi connectivity index (χ0) is 17.0. The summed E-state index contributed by atoms with van der Waals surface area (Å²) in [5.41, 5.74) is -0.0297. The number of aliphatic hydroxyl groups is 1. The van der Waals surface area contributed by atoms with E-state index in [0.29, 0.717) is 19.0 Å². The Balaban J connectivity index is 1.63. The first-order chi connectivity index (χ1) is 11.6. The Hall–Kier alpha value is -1.93. The van der Waals surface area contributed by atoms with Crippen LogP contribution < -0.4 is 10.6 Å². The number of aliphatic imine (C=N–C) groups is 1. The van der Waals surface area contributed by atoms with Gasteiger partial charge in [0.2, 0.25) is 0 Å². The molecule has 0 saturated carbocycles. The van der Waals surface area contributed by atoms with Crippen molar-refractivity contribution < 1.29 is 5.11 Å². The van der Waals surface area contributed by atoms with Crippen molar-refractivity contribution >= 4 is 17.3 Å². The number of thiophene rings is 1. The van der Waals surface area contributed by atoms with Crippen LogP contribution in [-0.4, -0.2) is 38.9 Å². The Bertz CT molecular complexity index is 691. The van der Waals surface area contributed by atoms with Crippen LogP contribution >= 0.6 is 11.3 Å². The second-order valence-corrected chi connectivity index (χ2v) is 6.90. The van der Waals surface area contributed by atoms with Gasteiger partial charge >= 0.3 is 0 Å². The van der Waals surface area contributed by atoms with Crippen molar-refractivity contribution in [3.8, 4) is 0 Å². The molecule has 130 valence electrons. The van der Waals surface area contributed by atoms with E-state index in [1.807, 2.05) is 23.8 Å². The third-order valence-electron chi connectivity index (χ3n) is 4.15. The fourth-order valence-corrected chi connectivity index (χ4v) is 3.53. The van der Waals surface area contributed by atoms with E-state index in [-0.39, 0.29) is 0 Å². The minimum absolute atomic E-state index is 0.382. The van der Waals surface area contributed by atoms with Gasteiger partial charge in [0.15, 0.2) is 11.8 Å². The molecule has 8 heteroatoms. The molecule has 0 bridgehead atoms. The van der Waals surface area contributed by atoms with Gasteiger partial charge in [-0.2, -0.15) is 11.3 Å². The van der Waals surface area contributed by atoms with Crippen LogP contribution in [0.15, 0.2) is 21.8 Å². The summed E-state index contributed by atoms with van der Waals surface area (Å²) in [5.74, 6) is 2.62. The van der Waals surface area contributed by atoms with Crippen LogP contribution in [0.5, 0.6) is 0 Å². The molecular formula is C16H24N6OS. The summed E-state index contributed by atoms with van der Waals surface area (Å²) in [6.07, 6.45) is 2.13. The standard InChI is InChI=1S/C16H24N6OS/c1-3-17-15(19-11-16(2,23)12-6-8-24-10-12)18-9-14-21-20-13-5-4-7-22(13)14/h6,8,10,23H,3-5,7,9,11H2,1-2H3,(H2,17,18,19). The van der Waals surface area contributed by atoms with Crippen molar-refractivity contribution in [3.05, 3.63) is 34.0 Å². The minimum atomic E-state index is -0.938. The Kier molecular flexibility index (Phi) is 5.15. The lowest BCUT2D eigenvalue weighted by Crippen LogP contribution is -2.44. The maximum absolute atomic E-state index is 10.6. The molecule has 1 atom stereocenters. The molecule has 2 aromatic rings. The molecule has 7 nitrogen and oxygen atoms in total. The van der Waals surface area contributed by atoms with E-state index in [1.54, 1.807) is 18.3 Å². The summed E-state index contributed by atoms with van der Waals surface area (Å²) in [4.78, 5) is 4.58. The Morgan fingerprint density at radius 3 is 3.08 bits per heavy atom. The Labute approximate surface area is 145 Å². The number of aromatic nitrogens is 3. The maximum atomic E-state index is 10.6. The summed E-state index contributed by atoms with van der Waals surface area (Å²) < 4.78 is 2.15. The quantitative estimate of drug-likeness (QED) is 0.540. The second-order valence-electron chi connectivity index (χ2n) is 6.12. The van der Waals surface area contributed by atoms with E-state index >= 15 is 0 Å². The van der Waals surface area contributed by atoms with Crippen LogP contribution in [0.2, 0.25) is 0 Å². The van der Waals surface area contributed by atoms with E-state index in [4.69, 9.17) is 0 Å². The molecule has 0 aliphatic carbocycles. The molecule has 1 unspecified atom stereocenters. The first-order valence-electron chi connectivity index (χ1n) is 8.28. The van der Waals surface area contributed by atoms with Gasteiger partial charge in [0.25, 0.3) is 0 Å². The Morgan fingerprint density at radius 1 is 1.46 bits per heavy atom. The van der Waals surface area contributed by atoms with Gasteiger partial charge in [-0.3, -0.25) is 0 Å². The zero-order valence-electron chi connectivity index (χ0n) is 14.1. The highest BCUT2D eigenvalue weighted by Gasteiger charge is 2.24. The molecule has 2 aromatic heterocycles. The van der Waals surface area contributed by atoms with Crippen molar-refractivity contribution in [3.63, 3.8) is 0 Å². The topological polar surface area (TPSA) is 87.4 Å².